The van der Waals surface area contributed by atoms with Crippen LogP contribution in [0.3, 0.4) is 0 Å². The monoisotopic (exact) mass is 583 g/mol. The van der Waals surface area contributed by atoms with Gasteiger partial charge in [0.25, 0.3) is 5.88 Å². The number of ether oxygens (including phenoxy) is 3. The second-order valence-corrected chi connectivity index (χ2v) is 10.0. The van der Waals surface area contributed by atoms with Crippen molar-refractivity contribution in [2.75, 3.05) is 32.5 Å². The van der Waals surface area contributed by atoms with Gasteiger partial charge < -0.3 is 30.0 Å². The highest BCUT2D eigenvalue weighted by atomic mass is 32.2. The first-order valence-corrected chi connectivity index (χ1v) is 13.6. The van der Waals surface area contributed by atoms with Crippen LogP contribution in [0.5, 0.6) is 28.9 Å². The first-order chi connectivity index (χ1) is 19.7. The lowest BCUT2D eigenvalue weighted by Crippen LogP contribution is -2.32. The van der Waals surface area contributed by atoms with E-state index in [9.17, 15) is 14.3 Å². The molecule has 0 spiro atoms. The maximum absolute atomic E-state index is 15.5. The van der Waals surface area contributed by atoms with E-state index < -0.39 is 35.3 Å². The highest BCUT2D eigenvalue weighted by Gasteiger charge is 2.25. The molecular formula is C28H27F2N5O5S. The summed E-state index contributed by atoms with van der Waals surface area (Å²) in [4.78, 5) is 22.7. The summed E-state index contributed by atoms with van der Waals surface area (Å²) in [6, 6.07) is 9.98. The molecule has 2 heterocycles. The predicted molar refractivity (Wildman–Crippen MR) is 148 cm³/mol. The maximum atomic E-state index is 15.5. The van der Waals surface area contributed by atoms with Gasteiger partial charge in [0.2, 0.25) is 11.6 Å². The molecule has 0 fully saturated rings. The molecule has 4 rings (SSSR count). The number of hydrogen-bond donors (Lipinski definition) is 2. The van der Waals surface area contributed by atoms with E-state index in [2.05, 4.69) is 9.98 Å². The summed E-state index contributed by atoms with van der Waals surface area (Å²) in [5, 5.41) is 19.2. The number of nitrogens with zero attached hydrogens (tertiary/aromatic N) is 4. The van der Waals surface area contributed by atoms with Gasteiger partial charge in [0.05, 0.1) is 36.5 Å². The van der Waals surface area contributed by atoms with Gasteiger partial charge in [-0.2, -0.15) is 9.65 Å². The molecule has 214 valence electrons. The topological polar surface area (TPSA) is 143 Å². The predicted octanol–water partition coefficient (Wildman–Crippen LogP) is 4.59. The molecular weight excluding hydrogens is 556 g/mol. The molecule has 3 N–H and O–H groups in total. The number of aromatic nitrogens is 1. The van der Waals surface area contributed by atoms with E-state index in [1.807, 2.05) is 18.0 Å². The molecule has 1 atom stereocenters. The minimum atomic E-state index is -1.24. The van der Waals surface area contributed by atoms with Crippen LogP contribution in [0, 0.1) is 23.0 Å². The zero-order valence-electron chi connectivity index (χ0n) is 22.3. The summed E-state index contributed by atoms with van der Waals surface area (Å²) in [5.74, 6) is -3.58. The quantitative estimate of drug-likeness (QED) is 0.243. The number of rotatable bonds is 11. The lowest BCUT2D eigenvalue weighted by molar-refractivity contribution is -0.144. The van der Waals surface area contributed by atoms with Crippen LogP contribution in [-0.4, -0.2) is 65.3 Å². The van der Waals surface area contributed by atoms with Crippen molar-refractivity contribution in [1.29, 1.82) is 5.26 Å². The Morgan fingerprint density at radius 1 is 1.24 bits per heavy atom. The third-order valence-corrected chi connectivity index (χ3v) is 6.97. The van der Waals surface area contributed by atoms with Crippen molar-refractivity contribution >= 4 is 23.6 Å². The number of thioether (sulfide) groups is 1. The Balaban J connectivity index is 1.60. The first kappa shape index (κ1) is 29.6. The molecule has 1 aliphatic rings. The summed E-state index contributed by atoms with van der Waals surface area (Å²) in [7, 11) is 1.84. The number of aliphatic imine (C=N–C) groups is 1. The minimum absolute atomic E-state index is 0.134. The summed E-state index contributed by atoms with van der Waals surface area (Å²) >= 11 is 1.45. The number of amidine groups is 1. The Hall–Kier alpha value is -4.41. The van der Waals surface area contributed by atoms with Crippen molar-refractivity contribution in [2.45, 2.75) is 24.3 Å². The van der Waals surface area contributed by atoms with Gasteiger partial charge in [0, 0.05) is 30.3 Å². The first-order valence-electron chi connectivity index (χ1n) is 12.6. The number of likely N-dealkylation sites (N-methyl/N-ethyl adjacent to an activating group) is 1. The minimum Gasteiger partial charge on any atom is -0.504 e. The Bertz CT molecular complexity index is 1510. The molecule has 1 unspecified atom stereocenters. The molecule has 0 amide bonds. The van der Waals surface area contributed by atoms with Crippen LogP contribution in [0.15, 0.2) is 52.5 Å². The number of benzene rings is 2. The van der Waals surface area contributed by atoms with Gasteiger partial charge in [-0.3, -0.25) is 9.79 Å². The van der Waals surface area contributed by atoms with Gasteiger partial charge in [0.1, 0.15) is 17.6 Å². The van der Waals surface area contributed by atoms with Crippen LogP contribution in [0.4, 0.5) is 8.78 Å². The zero-order chi connectivity index (χ0) is 29.5. The number of halogens is 2. The van der Waals surface area contributed by atoms with Crippen molar-refractivity contribution in [3.8, 4) is 34.9 Å². The van der Waals surface area contributed by atoms with Gasteiger partial charge in [-0.05, 0) is 43.7 Å². The Morgan fingerprint density at radius 2 is 2.05 bits per heavy atom. The number of carbonyl (C=O) groups is 1. The van der Waals surface area contributed by atoms with Gasteiger partial charge in [-0.1, -0.05) is 0 Å². The third-order valence-electron chi connectivity index (χ3n) is 5.94. The van der Waals surface area contributed by atoms with Crippen molar-refractivity contribution in [3.63, 3.8) is 0 Å². The van der Waals surface area contributed by atoms with Crippen LogP contribution >= 0.6 is 11.8 Å². The molecule has 0 saturated carbocycles. The van der Waals surface area contributed by atoms with E-state index in [-0.39, 0.29) is 29.4 Å². The largest absolute Gasteiger partial charge is 0.504 e. The van der Waals surface area contributed by atoms with Gasteiger partial charge in [-0.15, -0.1) is 11.8 Å². The molecule has 0 aliphatic carbocycles. The lowest BCUT2D eigenvalue weighted by Gasteiger charge is -2.19. The van der Waals surface area contributed by atoms with Crippen LogP contribution in [0.2, 0.25) is 0 Å². The van der Waals surface area contributed by atoms with E-state index in [0.29, 0.717) is 36.7 Å². The highest BCUT2D eigenvalue weighted by molar-refractivity contribution is 7.99. The molecule has 2 aromatic carbocycles. The summed E-state index contributed by atoms with van der Waals surface area (Å²) < 4.78 is 46.3. The molecule has 3 aromatic rings. The molecule has 1 aliphatic heterocycles. The number of phenolic OH excluding ortho intramolecular Hbond substituents is 1. The summed E-state index contributed by atoms with van der Waals surface area (Å²) in [6.07, 6.45) is 1.12. The van der Waals surface area contributed by atoms with Crippen molar-refractivity contribution in [2.24, 2.45) is 10.7 Å². The number of nitrogens with two attached hydrogens (primary N) is 1. The van der Waals surface area contributed by atoms with Gasteiger partial charge in [0.15, 0.2) is 17.3 Å². The second-order valence-electron chi connectivity index (χ2n) is 8.83. The molecule has 0 bridgehead atoms. The molecule has 0 radical (unpaired) electrons. The zero-order valence-corrected chi connectivity index (χ0v) is 23.1. The normalized spacial score (nSPS) is 13.4. The van der Waals surface area contributed by atoms with Crippen LogP contribution < -0.4 is 15.2 Å². The molecule has 41 heavy (non-hydrogen) atoms. The smallest absolute Gasteiger partial charge is 0.322 e. The average Bonchev–Trinajstić information content (AvgIpc) is 3.39. The van der Waals surface area contributed by atoms with Crippen molar-refractivity contribution < 1.29 is 32.9 Å². The molecule has 13 heteroatoms. The summed E-state index contributed by atoms with van der Waals surface area (Å²) in [6.45, 7) is 3.16. The second kappa shape index (κ2) is 13.3. The number of esters is 1. The number of nitriles is 1. The number of carbonyl (C=O) groups excluding carboxylic acids is 1. The van der Waals surface area contributed by atoms with Crippen LogP contribution in [0.1, 0.15) is 24.5 Å². The summed E-state index contributed by atoms with van der Waals surface area (Å²) in [5.41, 5.74) is 6.55. The van der Waals surface area contributed by atoms with E-state index >= 15 is 4.39 Å². The lowest BCUT2D eigenvalue weighted by atomic mass is 10.1. The van der Waals surface area contributed by atoms with Crippen LogP contribution in [-0.2, 0) is 9.53 Å². The van der Waals surface area contributed by atoms with E-state index in [1.54, 1.807) is 25.1 Å². The average molecular weight is 584 g/mol. The fourth-order valence-corrected chi connectivity index (χ4v) is 4.81. The number of pyridine rings is 1. The Morgan fingerprint density at radius 3 is 2.76 bits per heavy atom. The van der Waals surface area contributed by atoms with Gasteiger partial charge >= 0.3 is 5.97 Å². The number of aromatic hydroxyl groups is 1. The Kier molecular flexibility index (Phi) is 9.59. The van der Waals surface area contributed by atoms with Gasteiger partial charge in [-0.25, -0.2) is 9.37 Å². The third kappa shape index (κ3) is 7.03. The fourth-order valence-electron chi connectivity index (χ4n) is 3.83. The van der Waals surface area contributed by atoms with Crippen molar-refractivity contribution in [1.82, 2.24) is 9.88 Å². The van der Waals surface area contributed by atoms with E-state index in [1.165, 1.54) is 30.0 Å². The van der Waals surface area contributed by atoms with Crippen LogP contribution in [0.25, 0.3) is 0 Å². The van der Waals surface area contributed by atoms with E-state index in [4.69, 9.17) is 25.2 Å². The fraction of sp³-hybridized carbons (Fsp3) is 0.286. The molecule has 0 saturated heterocycles. The van der Waals surface area contributed by atoms with Crippen molar-refractivity contribution in [3.05, 3.63) is 65.4 Å². The molecule has 1 aromatic heterocycles. The molecule has 10 nitrogen and oxygen atoms in total. The SMILES string of the molecule is CCOC(=O)C(N)CCSc1ccc(Oc2c(F)cnc(Oc3cc(C#N)ccc3O)c2F)c(C2=NCCN2C)c1. The number of hydrogen-bond acceptors (Lipinski definition) is 11. The standard InChI is InChI=1S/C28H27F2N5O5S/c1-3-38-28(37)20(32)8-11-41-17-5-7-22(18(13-17)26-33-9-10-35(26)2)39-25-19(29)15-34-27(24(25)30)40-23-12-16(14-31)4-6-21(23)36/h4-7,12-13,15,20,36H,3,8-11,32H2,1-2H3. The maximum Gasteiger partial charge on any atom is 0.322 e. The highest BCUT2D eigenvalue weighted by Crippen LogP contribution is 2.38. The Labute approximate surface area is 239 Å². The number of phenols is 1. The van der Waals surface area contributed by atoms with E-state index in [0.717, 1.165) is 11.1 Å².